The molecule has 0 aromatic carbocycles. The lowest BCUT2D eigenvalue weighted by molar-refractivity contribution is -0.134. The number of hydrogen-bond donors (Lipinski definition) is 1. The van der Waals surface area contributed by atoms with E-state index < -0.39 is 5.41 Å². The van der Waals surface area contributed by atoms with E-state index in [2.05, 4.69) is 19.2 Å². The van der Waals surface area contributed by atoms with E-state index in [1.807, 2.05) is 34.6 Å². The predicted octanol–water partition coefficient (Wildman–Crippen LogP) is 4.03. The SMILES string of the molecule is CC.CCCOCC(C)(CC)C(=O)NCCOC(C)CC.[HH]. The number of rotatable bonds is 11. The number of ether oxygens (including phenoxy) is 2. The third-order valence-corrected chi connectivity index (χ3v) is 3.46. The molecule has 0 radical (unpaired) electrons. The van der Waals surface area contributed by atoms with E-state index in [0.717, 1.165) is 19.3 Å². The normalized spacial score (nSPS) is 14.6. The van der Waals surface area contributed by atoms with Crippen LogP contribution >= 0.6 is 0 Å². The second-order valence-electron chi connectivity index (χ2n) is 5.31. The van der Waals surface area contributed by atoms with Gasteiger partial charge in [0, 0.05) is 14.6 Å². The van der Waals surface area contributed by atoms with Crippen molar-refractivity contribution in [2.45, 2.75) is 73.8 Å². The lowest BCUT2D eigenvalue weighted by Crippen LogP contribution is -2.43. The van der Waals surface area contributed by atoms with Crippen molar-refractivity contribution >= 4 is 5.91 Å². The van der Waals surface area contributed by atoms with Crippen molar-refractivity contribution in [3.05, 3.63) is 0 Å². The molecule has 2 unspecified atom stereocenters. The van der Waals surface area contributed by atoms with Gasteiger partial charge in [0.15, 0.2) is 0 Å². The fourth-order valence-corrected chi connectivity index (χ4v) is 1.53. The average Bonchev–Trinajstić information content (AvgIpc) is 2.52. The molecule has 0 saturated carbocycles. The van der Waals surface area contributed by atoms with Crippen LogP contribution in [0.25, 0.3) is 0 Å². The van der Waals surface area contributed by atoms with Crippen LogP contribution in [-0.2, 0) is 14.3 Å². The Morgan fingerprint density at radius 1 is 1.24 bits per heavy atom. The minimum absolute atomic E-state index is 0. The molecule has 0 bridgehead atoms. The Bertz CT molecular complexity index is 252. The Balaban J connectivity index is -0.00000115. The van der Waals surface area contributed by atoms with E-state index >= 15 is 0 Å². The predicted molar refractivity (Wildman–Crippen MR) is 91.7 cm³/mol. The number of amides is 1. The van der Waals surface area contributed by atoms with Gasteiger partial charge in [-0.3, -0.25) is 4.79 Å². The Morgan fingerprint density at radius 2 is 1.86 bits per heavy atom. The van der Waals surface area contributed by atoms with Gasteiger partial charge >= 0.3 is 0 Å². The summed E-state index contributed by atoms with van der Waals surface area (Å²) in [4.78, 5) is 12.2. The van der Waals surface area contributed by atoms with Crippen molar-refractivity contribution < 1.29 is 15.7 Å². The first kappa shape index (κ1) is 22.7. The Labute approximate surface area is 133 Å². The third kappa shape index (κ3) is 10.7. The van der Waals surface area contributed by atoms with E-state index in [1.54, 1.807) is 0 Å². The molecule has 4 nitrogen and oxygen atoms in total. The van der Waals surface area contributed by atoms with E-state index in [4.69, 9.17) is 9.47 Å². The highest BCUT2D eigenvalue weighted by atomic mass is 16.5. The molecule has 0 fully saturated rings. The van der Waals surface area contributed by atoms with Crippen molar-refractivity contribution in [3.8, 4) is 0 Å². The first-order valence-corrected chi connectivity index (χ1v) is 8.47. The van der Waals surface area contributed by atoms with Crippen LogP contribution in [0.5, 0.6) is 0 Å². The number of carbonyl (C=O) groups is 1. The van der Waals surface area contributed by atoms with Crippen LogP contribution in [0.3, 0.4) is 0 Å². The Kier molecular flexibility index (Phi) is 15.5. The molecule has 0 aliphatic carbocycles. The summed E-state index contributed by atoms with van der Waals surface area (Å²) < 4.78 is 11.1. The highest BCUT2D eigenvalue weighted by molar-refractivity contribution is 5.82. The quantitative estimate of drug-likeness (QED) is 0.586. The van der Waals surface area contributed by atoms with E-state index in [0.29, 0.717) is 26.4 Å². The standard InChI is InChI=1S/C15H31NO3.C2H6.H2/c1-6-10-18-12-15(5,8-3)14(17)16-9-11-19-13(4)7-2;1-2;/h13H,6-12H2,1-5H3,(H,16,17);1-2H3;1H. The minimum Gasteiger partial charge on any atom is -0.380 e. The smallest absolute Gasteiger partial charge is 0.228 e. The fraction of sp³-hybridized carbons (Fsp3) is 0.941. The minimum atomic E-state index is -0.439. The van der Waals surface area contributed by atoms with Gasteiger partial charge in [-0.25, -0.2) is 0 Å². The Morgan fingerprint density at radius 3 is 2.33 bits per heavy atom. The average molecular weight is 306 g/mol. The summed E-state index contributed by atoms with van der Waals surface area (Å²) in [6, 6.07) is 0. The highest BCUT2D eigenvalue weighted by Gasteiger charge is 2.31. The van der Waals surface area contributed by atoms with Crippen molar-refractivity contribution in [2.24, 2.45) is 5.41 Å². The van der Waals surface area contributed by atoms with Crippen LogP contribution in [0, 0.1) is 5.41 Å². The molecule has 4 heteroatoms. The van der Waals surface area contributed by atoms with E-state index in [9.17, 15) is 4.79 Å². The summed E-state index contributed by atoms with van der Waals surface area (Å²) in [7, 11) is 0. The van der Waals surface area contributed by atoms with Crippen molar-refractivity contribution in [2.75, 3.05) is 26.4 Å². The number of carbonyl (C=O) groups excluding carboxylic acids is 1. The van der Waals surface area contributed by atoms with Crippen LogP contribution in [0.4, 0.5) is 0 Å². The number of nitrogens with one attached hydrogen (secondary N) is 1. The van der Waals surface area contributed by atoms with E-state index in [1.165, 1.54) is 0 Å². The van der Waals surface area contributed by atoms with Gasteiger partial charge in [0.1, 0.15) is 0 Å². The molecule has 0 saturated heterocycles. The molecule has 0 aliphatic rings. The van der Waals surface area contributed by atoms with Gasteiger partial charge in [-0.2, -0.15) is 0 Å². The molecule has 21 heavy (non-hydrogen) atoms. The largest absolute Gasteiger partial charge is 0.380 e. The monoisotopic (exact) mass is 305 g/mol. The van der Waals surface area contributed by atoms with Crippen LogP contribution < -0.4 is 5.32 Å². The van der Waals surface area contributed by atoms with Crippen LogP contribution in [0.15, 0.2) is 0 Å². The molecule has 1 N–H and O–H groups in total. The lowest BCUT2D eigenvalue weighted by atomic mass is 9.87. The van der Waals surface area contributed by atoms with Gasteiger partial charge < -0.3 is 14.8 Å². The highest BCUT2D eigenvalue weighted by Crippen LogP contribution is 2.21. The molecule has 2 atom stereocenters. The van der Waals surface area contributed by atoms with Crippen LogP contribution in [0.1, 0.15) is 69.2 Å². The first-order chi connectivity index (χ1) is 10.00. The molecule has 0 spiro atoms. The van der Waals surface area contributed by atoms with Crippen molar-refractivity contribution in [3.63, 3.8) is 0 Å². The van der Waals surface area contributed by atoms with Gasteiger partial charge in [-0.1, -0.05) is 34.6 Å². The molecular formula is C17H39NO3. The maximum absolute atomic E-state index is 12.2. The summed E-state index contributed by atoms with van der Waals surface area (Å²) in [6.07, 6.45) is 2.99. The zero-order valence-corrected chi connectivity index (χ0v) is 15.3. The molecule has 130 valence electrons. The van der Waals surface area contributed by atoms with Gasteiger partial charge in [-0.05, 0) is 33.1 Å². The van der Waals surface area contributed by atoms with Crippen molar-refractivity contribution in [1.29, 1.82) is 0 Å². The molecule has 0 aliphatic heterocycles. The molecule has 0 aromatic heterocycles. The van der Waals surface area contributed by atoms with Crippen LogP contribution in [0.2, 0.25) is 0 Å². The molecule has 1 amide bonds. The zero-order chi connectivity index (χ0) is 16.7. The third-order valence-electron chi connectivity index (χ3n) is 3.46. The van der Waals surface area contributed by atoms with Gasteiger partial charge in [0.05, 0.1) is 24.7 Å². The summed E-state index contributed by atoms with van der Waals surface area (Å²) in [6.45, 7) is 16.5. The maximum Gasteiger partial charge on any atom is 0.228 e. The summed E-state index contributed by atoms with van der Waals surface area (Å²) in [5, 5.41) is 2.94. The second kappa shape index (κ2) is 14.3. The topological polar surface area (TPSA) is 47.6 Å². The van der Waals surface area contributed by atoms with Gasteiger partial charge in [-0.15, -0.1) is 0 Å². The first-order valence-electron chi connectivity index (χ1n) is 8.47. The second-order valence-corrected chi connectivity index (χ2v) is 5.31. The lowest BCUT2D eigenvalue weighted by Gasteiger charge is -2.26. The van der Waals surface area contributed by atoms with Crippen molar-refractivity contribution in [1.82, 2.24) is 5.32 Å². The molecule has 0 rings (SSSR count). The molecule has 0 heterocycles. The Hall–Kier alpha value is -0.610. The van der Waals surface area contributed by atoms with Gasteiger partial charge in [0.2, 0.25) is 5.91 Å². The maximum atomic E-state index is 12.2. The molecule has 0 aromatic rings. The molecular weight excluding hydrogens is 266 g/mol. The van der Waals surface area contributed by atoms with Gasteiger partial charge in [0.25, 0.3) is 0 Å². The zero-order valence-electron chi connectivity index (χ0n) is 15.3. The summed E-state index contributed by atoms with van der Waals surface area (Å²) in [5.74, 6) is 0.0545. The number of hydrogen-bond acceptors (Lipinski definition) is 3. The summed E-state index contributed by atoms with van der Waals surface area (Å²) in [5.41, 5.74) is -0.439. The van der Waals surface area contributed by atoms with E-state index in [-0.39, 0.29) is 13.4 Å². The van der Waals surface area contributed by atoms with Crippen LogP contribution in [-0.4, -0.2) is 38.4 Å². The summed E-state index contributed by atoms with van der Waals surface area (Å²) >= 11 is 0. The fourth-order valence-electron chi connectivity index (χ4n) is 1.53.